The summed E-state index contributed by atoms with van der Waals surface area (Å²) in [6.07, 6.45) is 0. The molecule has 2 rings (SSSR count). The van der Waals surface area contributed by atoms with Gasteiger partial charge >= 0.3 is 5.97 Å². The number of rotatable bonds is 7. The van der Waals surface area contributed by atoms with E-state index in [0.29, 0.717) is 10.4 Å². The zero-order chi connectivity index (χ0) is 21.1. The third kappa shape index (κ3) is 4.15. The molecule has 0 bridgehead atoms. The number of halogens is 2. The molecule has 28 heavy (non-hydrogen) atoms. The molecule has 150 valence electrons. The van der Waals surface area contributed by atoms with Crippen LogP contribution in [0.25, 0.3) is 0 Å². The number of esters is 1. The average Bonchev–Trinajstić information content (AvgIpc) is 2.65. The van der Waals surface area contributed by atoms with Gasteiger partial charge in [-0.1, -0.05) is 18.2 Å². The maximum absolute atomic E-state index is 13.7. The van der Waals surface area contributed by atoms with Gasteiger partial charge in [0.15, 0.2) is 16.5 Å². The van der Waals surface area contributed by atoms with Crippen molar-refractivity contribution < 1.29 is 31.7 Å². The molecule has 0 unspecified atom stereocenters. The largest absolute Gasteiger partial charge is 0.465 e. The van der Waals surface area contributed by atoms with Crippen LogP contribution in [0.2, 0.25) is 0 Å². The lowest BCUT2D eigenvalue weighted by Crippen LogP contribution is -2.37. The fraction of sp³-hybridized carbons (Fsp3) is 0.235. The van der Waals surface area contributed by atoms with E-state index in [2.05, 4.69) is 0 Å². The molecule has 0 radical (unpaired) electrons. The number of carbonyl (C=O) groups is 1. The summed E-state index contributed by atoms with van der Waals surface area (Å²) in [5.41, 5.74) is -0.885. The highest BCUT2D eigenvalue weighted by Gasteiger charge is 2.38. The minimum absolute atomic E-state index is 0.0988. The predicted molar refractivity (Wildman–Crippen MR) is 93.8 cm³/mol. The SMILES string of the molecule is CCOC(=O)[C@H](c1ccc(F)c(F)c1)N(C)S(=O)(=O)c1ccccc1[N+](=O)[O-]. The fourth-order valence-corrected chi connectivity index (χ4v) is 3.97. The van der Waals surface area contributed by atoms with Crippen molar-refractivity contribution in [1.82, 2.24) is 4.31 Å². The summed E-state index contributed by atoms with van der Waals surface area (Å²) < 4.78 is 58.3. The maximum Gasteiger partial charge on any atom is 0.329 e. The van der Waals surface area contributed by atoms with Crippen molar-refractivity contribution in [1.29, 1.82) is 0 Å². The van der Waals surface area contributed by atoms with Crippen LogP contribution in [0.4, 0.5) is 14.5 Å². The van der Waals surface area contributed by atoms with Gasteiger partial charge in [-0.2, -0.15) is 4.31 Å². The van der Waals surface area contributed by atoms with Gasteiger partial charge in [-0.15, -0.1) is 0 Å². The summed E-state index contributed by atoms with van der Waals surface area (Å²) in [6.45, 7) is 1.38. The van der Waals surface area contributed by atoms with E-state index in [9.17, 15) is 32.1 Å². The van der Waals surface area contributed by atoms with Gasteiger partial charge in [0.05, 0.1) is 11.5 Å². The third-order valence-electron chi connectivity index (χ3n) is 3.85. The molecule has 0 heterocycles. The number of nitrogens with zero attached hydrogens (tertiary/aromatic N) is 2. The molecule has 0 saturated heterocycles. The van der Waals surface area contributed by atoms with E-state index in [0.717, 1.165) is 31.3 Å². The Bertz CT molecular complexity index is 1010. The fourth-order valence-electron chi connectivity index (χ4n) is 2.52. The monoisotopic (exact) mass is 414 g/mol. The first kappa shape index (κ1) is 21.4. The Labute approximate surface area is 159 Å². The van der Waals surface area contributed by atoms with Crippen molar-refractivity contribution in [2.75, 3.05) is 13.7 Å². The topological polar surface area (TPSA) is 107 Å². The van der Waals surface area contributed by atoms with Crippen LogP contribution in [0.1, 0.15) is 18.5 Å². The number of hydrogen-bond acceptors (Lipinski definition) is 6. The summed E-state index contributed by atoms with van der Waals surface area (Å²) in [6, 6.07) is 5.34. The molecule has 0 fully saturated rings. The van der Waals surface area contributed by atoms with E-state index in [1.54, 1.807) is 0 Å². The molecular formula is C17H16F2N2O6S. The van der Waals surface area contributed by atoms with Crippen LogP contribution in [0, 0.1) is 21.7 Å². The molecule has 2 aromatic rings. The number of hydrogen-bond donors (Lipinski definition) is 0. The van der Waals surface area contributed by atoms with Crippen LogP contribution in [0.5, 0.6) is 0 Å². The summed E-state index contributed by atoms with van der Waals surface area (Å²) in [5.74, 6) is -3.52. The van der Waals surface area contributed by atoms with Crippen LogP contribution in [-0.4, -0.2) is 37.3 Å². The molecule has 0 N–H and O–H groups in total. The van der Waals surface area contributed by atoms with Crippen LogP contribution >= 0.6 is 0 Å². The Kier molecular flexibility index (Phi) is 6.41. The van der Waals surface area contributed by atoms with Crippen LogP contribution in [-0.2, 0) is 19.6 Å². The predicted octanol–water partition coefficient (Wildman–Crippen LogP) is 2.80. The van der Waals surface area contributed by atoms with Crippen molar-refractivity contribution in [2.45, 2.75) is 17.9 Å². The first-order valence-electron chi connectivity index (χ1n) is 7.94. The Morgan fingerprint density at radius 3 is 2.43 bits per heavy atom. The average molecular weight is 414 g/mol. The number of nitro groups is 1. The smallest absolute Gasteiger partial charge is 0.329 e. The lowest BCUT2D eigenvalue weighted by molar-refractivity contribution is -0.387. The van der Waals surface area contributed by atoms with Gasteiger partial charge in [-0.3, -0.25) is 10.1 Å². The number of sulfonamides is 1. The highest BCUT2D eigenvalue weighted by molar-refractivity contribution is 7.89. The number of nitro benzene ring substituents is 1. The molecule has 0 aromatic heterocycles. The van der Waals surface area contributed by atoms with Gasteiger partial charge in [0.2, 0.25) is 0 Å². The van der Waals surface area contributed by atoms with Crippen molar-refractivity contribution in [3.05, 3.63) is 69.8 Å². The number of likely N-dealkylation sites (N-methyl/N-ethyl adjacent to an activating group) is 1. The van der Waals surface area contributed by atoms with Crippen LogP contribution in [0.15, 0.2) is 47.4 Å². The highest BCUT2D eigenvalue weighted by Crippen LogP contribution is 2.32. The van der Waals surface area contributed by atoms with E-state index in [4.69, 9.17) is 4.74 Å². The molecule has 0 aliphatic heterocycles. The normalized spacial score (nSPS) is 12.6. The van der Waals surface area contributed by atoms with Gasteiger partial charge in [0.25, 0.3) is 15.7 Å². The number of ether oxygens (including phenoxy) is 1. The van der Waals surface area contributed by atoms with Gasteiger partial charge in [0.1, 0.15) is 6.04 Å². The maximum atomic E-state index is 13.7. The highest BCUT2D eigenvalue weighted by atomic mass is 32.2. The second kappa shape index (κ2) is 8.40. The van der Waals surface area contributed by atoms with Crippen LogP contribution in [0.3, 0.4) is 0 Å². The summed E-state index contributed by atoms with van der Waals surface area (Å²) in [5, 5.41) is 11.2. The quantitative estimate of drug-likeness (QED) is 0.392. The zero-order valence-electron chi connectivity index (χ0n) is 14.8. The van der Waals surface area contributed by atoms with E-state index in [-0.39, 0.29) is 12.2 Å². The Balaban J connectivity index is 2.61. The second-order valence-corrected chi connectivity index (χ2v) is 7.54. The van der Waals surface area contributed by atoms with E-state index >= 15 is 0 Å². The van der Waals surface area contributed by atoms with Crippen molar-refractivity contribution in [3.8, 4) is 0 Å². The minimum atomic E-state index is -4.57. The minimum Gasteiger partial charge on any atom is -0.465 e. The zero-order valence-corrected chi connectivity index (χ0v) is 15.7. The van der Waals surface area contributed by atoms with Crippen molar-refractivity contribution in [2.24, 2.45) is 0 Å². The molecule has 0 aliphatic rings. The molecule has 2 aromatic carbocycles. The lowest BCUT2D eigenvalue weighted by atomic mass is 10.1. The Hall–Kier alpha value is -2.92. The second-order valence-electron chi connectivity index (χ2n) is 5.57. The first-order valence-corrected chi connectivity index (χ1v) is 9.38. The standard InChI is InChI=1S/C17H16F2N2O6S/c1-3-27-17(22)16(11-8-9-12(18)13(19)10-11)20(2)28(25,26)15-7-5-4-6-14(15)21(23)24/h4-10,16H,3H2,1-2H3/t16-/m0/s1. The van der Waals surface area contributed by atoms with Crippen molar-refractivity contribution in [3.63, 3.8) is 0 Å². The van der Waals surface area contributed by atoms with Crippen LogP contribution < -0.4 is 0 Å². The summed E-state index contributed by atoms with van der Waals surface area (Å²) >= 11 is 0. The Morgan fingerprint density at radius 2 is 1.86 bits per heavy atom. The van der Waals surface area contributed by atoms with Gasteiger partial charge < -0.3 is 4.74 Å². The number of carbonyl (C=O) groups excluding carboxylic acids is 1. The first-order chi connectivity index (χ1) is 13.1. The summed E-state index contributed by atoms with van der Waals surface area (Å²) in [7, 11) is -3.58. The van der Waals surface area contributed by atoms with Gasteiger partial charge in [-0.25, -0.2) is 22.0 Å². The van der Waals surface area contributed by atoms with Gasteiger partial charge in [-0.05, 0) is 30.7 Å². The molecule has 0 saturated carbocycles. The van der Waals surface area contributed by atoms with E-state index in [1.807, 2.05) is 0 Å². The Morgan fingerprint density at radius 1 is 1.21 bits per heavy atom. The molecular weight excluding hydrogens is 398 g/mol. The molecule has 11 heteroatoms. The summed E-state index contributed by atoms with van der Waals surface area (Å²) in [4.78, 5) is 22.1. The molecule has 0 spiro atoms. The van der Waals surface area contributed by atoms with E-state index in [1.165, 1.54) is 19.1 Å². The lowest BCUT2D eigenvalue weighted by Gasteiger charge is -2.26. The molecule has 0 amide bonds. The molecule has 1 atom stereocenters. The molecule has 0 aliphatic carbocycles. The van der Waals surface area contributed by atoms with Crippen molar-refractivity contribution >= 4 is 21.7 Å². The number of para-hydroxylation sites is 1. The molecule has 8 nitrogen and oxygen atoms in total. The van der Waals surface area contributed by atoms with E-state index < -0.39 is 49.2 Å². The third-order valence-corrected chi connectivity index (χ3v) is 5.72. The van der Waals surface area contributed by atoms with Gasteiger partial charge in [0, 0.05) is 13.1 Å². The number of benzene rings is 2.